The van der Waals surface area contributed by atoms with E-state index in [9.17, 15) is 0 Å². The van der Waals surface area contributed by atoms with Crippen LogP contribution >= 0.6 is 0 Å². The third kappa shape index (κ3) is 9.34. The second-order valence-corrected chi connectivity index (χ2v) is 8.36. The van der Waals surface area contributed by atoms with Crippen molar-refractivity contribution in [3.05, 3.63) is 0 Å². The van der Waals surface area contributed by atoms with Crippen LogP contribution < -0.4 is 0 Å². The molecule has 0 amide bonds. The molecular formula is C21H42B2O4. The molecule has 2 rings (SSSR count). The molecule has 6 heteroatoms. The Kier molecular flexibility index (Phi) is 12.1. The highest BCUT2D eigenvalue weighted by molar-refractivity contribution is 6.50. The van der Waals surface area contributed by atoms with Gasteiger partial charge in [-0.1, -0.05) is 117 Å². The molecule has 0 saturated carbocycles. The molecule has 4 nitrogen and oxygen atoms in total. The van der Waals surface area contributed by atoms with Gasteiger partial charge in [-0.15, -0.1) is 0 Å². The summed E-state index contributed by atoms with van der Waals surface area (Å²) in [6.45, 7) is 4.53. The van der Waals surface area contributed by atoms with E-state index < -0.39 is 6.16 Å². The zero-order valence-electron chi connectivity index (χ0n) is 18.0. The first-order chi connectivity index (χ1) is 13.3. The molecule has 0 bridgehead atoms. The quantitative estimate of drug-likeness (QED) is 0.190. The van der Waals surface area contributed by atoms with E-state index in [1.54, 1.807) is 0 Å². The fourth-order valence-corrected chi connectivity index (χ4v) is 3.90. The minimum Gasteiger partial charge on any atom is -0.338 e. The molecule has 2 heterocycles. The van der Waals surface area contributed by atoms with Gasteiger partial charge in [0.25, 0.3) is 0 Å². The largest absolute Gasteiger partial charge is 0.468 e. The Morgan fingerprint density at radius 3 is 1.07 bits per heavy atom. The molecule has 2 aliphatic rings. The van der Waals surface area contributed by atoms with E-state index in [1.165, 1.54) is 89.9 Å². The molecule has 0 radical (unpaired) electrons. The number of hydrogen-bond donors (Lipinski definition) is 0. The van der Waals surface area contributed by atoms with Crippen LogP contribution in [0.25, 0.3) is 0 Å². The molecule has 0 aromatic heterocycles. The van der Waals surface area contributed by atoms with E-state index in [0.717, 1.165) is 25.5 Å². The van der Waals surface area contributed by atoms with Crippen molar-refractivity contribution < 1.29 is 18.6 Å². The Morgan fingerprint density at radius 1 is 0.444 bits per heavy atom. The van der Waals surface area contributed by atoms with Crippen molar-refractivity contribution in [2.24, 2.45) is 0 Å². The second kappa shape index (κ2) is 14.0. The van der Waals surface area contributed by atoms with Gasteiger partial charge >= 0.3 is 20.4 Å². The predicted octanol–water partition coefficient (Wildman–Crippen LogP) is 6.95. The lowest BCUT2D eigenvalue weighted by atomic mass is 9.76. The summed E-state index contributed by atoms with van der Waals surface area (Å²) in [6.07, 6.45) is 22.0. The van der Waals surface area contributed by atoms with Gasteiger partial charge in [0.1, 0.15) is 0 Å². The molecule has 1 spiro atoms. The second-order valence-electron chi connectivity index (χ2n) is 8.36. The van der Waals surface area contributed by atoms with Crippen molar-refractivity contribution in [3.8, 4) is 0 Å². The maximum Gasteiger partial charge on any atom is 0.468 e. The summed E-state index contributed by atoms with van der Waals surface area (Å²) < 4.78 is 22.7. The molecule has 0 aliphatic carbocycles. The third-order valence-electron chi connectivity index (χ3n) is 5.69. The number of hydrogen-bond acceptors (Lipinski definition) is 4. The monoisotopic (exact) mass is 380 g/mol. The molecule has 2 fully saturated rings. The number of unbranched alkanes of at least 4 members (excludes halogenated alkanes) is 14. The van der Waals surface area contributed by atoms with Gasteiger partial charge in [-0.05, 0) is 12.6 Å². The minimum atomic E-state index is -1.13. The van der Waals surface area contributed by atoms with Gasteiger partial charge in [0, 0.05) is 0 Å². The van der Waals surface area contributed by atoms with Crippen LogP contribution in [0.4, 0.5) is 0 Å². The molecule has 0 aromatic rings. The Morgan fingerprint density at radius 2 is 0.741 bits per heavy atom. The van der Waals surface area contributed by atoms with Crippen LogP contribution in [0.5, 0.6) is 0 Å². The Balaban J connectivity index is 1.32. The van der Waals surface area contributed by atoms with Crippen LogP contribution in [0.15, 0.2) is 0 Å². The van der Waals surface area contributed by atoms with Gasteiger partial charge in [-0.3, -0.25) is 0 Å². The lowest BCUT2D eigenvalue weighted by Crippen LogP contribution is -2.70. The Labute approximate surface area is 168 Å². The van der Waals surface area contributed by atoms with Crippen molar-refractivity contribution in [1.82, 2.24) is 0 Å². The van der Waals surface area contributed by atoms with Crippen molar-refractivity contribution >= 4 is 14.2 Å². The standard InChI is InChI=1S/C21H42B2O4/c1-3-5-7-9-11-13-15-17-19-22-24-21(25-22)26-23(27-21)20-18-16-14-12-10-8-6-4-2/h3-20H2,1-2H3. The Hall–Kier alpha value is -0.0301. The van der Waals surface area contributed by atoms with Crippen LogP contribution in [0.2, 0.25) is 12.6 Å². The highest BCUT2D eigenvalue weighted by atomic mass is 17.1. The van der Waals surface area contributed by atoms with Crippen LogP contribution in [0.1, 0.15) is 117 Å². The van der Waals surface area contributed by atoms with Gasteiger partial charge in [0.2, 0.25) is 0 Å². The molecule has 0 aromatic carbocycles. The smallest absolute Gasteiger partial charge is 0.338 e. The van der Waals surface area contributed by atoms with E-state index >= 15 is 0 Å². The normalized spacial score (nSPS) is 18.0. The lowest BCUT2D eigenvalue weighted by Gasteiger charge is -2.52. The van der Waals surface area contributed by atoms with Gasteiger partial charge in [0.05, 0.1) is 0 Å². The highest BCUT2D eigenvalue weighted by Crippen LogP contribution is 2.41. The zero-order chi connectivity index (χ0) is 19.2. The molecular weight excluding hydrogens is 338 g/mol. The molecule has 0 unspecified atom stereocenters. The minimum absolute atomic E-state index is 0.130. The Bertz CT molecular complexity index is 321. The average molecular weight is 380 g/mol. The van der Waals surface area contributed by atoms with E-state index in [4.69, 9.17) is 18.6 Å². The van der Waals surface area contributed by atoms with Gasteiger partial charge in [-0.2, -0.15) is 0 Å². The summed E-state index contributed by atoms with van der Waals surface area (Å²) in [6, 6.07) is 0. The maximum absolute atomic E-state index is 5.67. The van der Waals surface area contributed by atoms with Crippen LogP contribution in [-0.4, -0.2) is 20.4 Å². The fraction of sp³-hybridized carbons (Fsp3) is 1.00. The summed E-state index contributed by atoms with van der Waals surface area (Å²) in [7, 11) is -0.261. The molecule has 156 valence electrons. The van der Waals surface area contributed by atoms with Crippen molar-refractivity contribution in [2.75, 3.05) is 0 Å². The molecule has 0 atom stereocenters. The van der Waals surface area contributed by atoms with Crippen LogP contribution in [-0.2, 0) is 18.6 Å². The summed E-state index contributed by atoms with van der Waals surface area (Å²) in [5.74, 6) is 0. The van der Waals surface area contributed by atoms with Crippen molar-refractivity contribution in [3.63, 3.8) is 0 Å². The molecule has 2 aliphatic heterocycles. The SMILES string of the molecule is CCCCCCCCCCB1OC2(O1)OB(CCCCCCCCCC)O2. The zero-order valence-corrected chi connectivity index (χ0v) is 18.0. The fourth-order valence-electron chi connectivity index (χ4n) is 3.90. The predicted molar refractivity (Wildman–Crippen MR) is 113 cm³/mol. The van der Waals surface area contributed by atoms with E-state index in [0.29, 0.717) is 0 Å². The van der Waals surface area contributed by atoms with E-state index in [2.05, 4.69) is 13.8 Å². The van der Waals surface area contributed by atoms with Crippen LogP contribution in [0, 0.1) is 0 Å². The first kappa shape index (κ1) is 23.3. The summed E-state index contributed by atoms with van der Waals surface area (Å²) in [5.41, 5.74) is 0. The third-order valence-corrected chi connectivity index (χ3v) is 5.69. The highest BCUT2D eigenvalue weighted by Gasteiger charge is 2.62. The summed E-state index contributed by atoms with van der Waals surface area (Å²) in [4.78, 5) is 0. The molecule has 27 heavy (non-hydrogen) atoms. The molecule has 2 saturated heterocycles. The first-order valence-electron chi connectivity index (χ1n) is 12.0. The van der Waals surface area contributed by atoms with Crippen LogP contribution in [0.3, 0.4) is 0 Å². The van der Waals surface area contributed by atoms with Gasteiger partial charge in [-0.25, -0.2) is 0 Å². The first-order valence-corrected chi connectivity index (χ1v) is 12.0. The molecule has 0 N–H and O–H groups in total. The van der Waals surface area contributed by atoms with Gasteiger partial charge in [0.15, 0.2) is 0 Å². The topological polar surface area (TPSA) is 36.9 Å². The van der Waals surface area contributed by atoms with E-state index in [1.807, 2.05) is 0 Å². The van der Waals surface area contributed by atoms with Crippen molar-refractivity contribution in [2.45, 2.75) is 135 Å². The van der Waals surface area contributed by atoms with Gasteiger partial charge < -0.3 is 18.6 Å². The van der Waals surface area contributed by atoms with Crippen molar-refractivity contribution in [1.29, 1.82) is 0 Å². The summed E-state index contributed by atoms with van der Waals surface area (Å²) >= 11 is 0. The average Bonchev–Trinajstić information content (AvgIpc) is 2.61. The maximum atomic E-state index is 5.67. The lowest BCUT2D eigenvalue weighted by molar-refractivity contribution is -0.492. The number of rotatable bonds is 18. The summed E-state index contributed by atoms with van der Waals surface area (Å²) in [5, 5.41) is 0. The van der Waals surface area contributed by atoms with E-state index in [-0.39, 0.29) is 14.2 Å².